The molecule has 0 spiro atoms. The van der Waals surface area contributed by atoms with Gasteiger partial charge in [-0.2, -0.15) is 0 Å². The zero-order valence-corrected chi connectivity index (χ0v) is 11.8. The van der Waals surface area contributed by atoms with Crippen LogP contribution < -0.4 is 4.90 Å². The lowest BCUT2D eigenvalue weighted by molar-refractivity contribution is 0.0818. The highest BCUT2D eigenvalue weighted by molar-refractivity contribution is 5.40. The number of nitrogens with zero attached hydrogens (tertiary/aromatic N) is 3. The number of hydrogen-bond acceptors (Lipinski definition) is 4. The molecule has 0 atom stereocenters. The molecule has 1 aromatic heterocycles. The zero-order valence-electron chi connectivity index (χ0n) is 11.8. The fourth-order valence-electron chi connectivity index (χ4n) is 2.25. The van der Waals surface area contributed by atoms with E-state index in [4.69, 9.17) is 4.74 Å². The molecule has 1 fully saturated rings. The van der Waals surface area contributed by atoms with Gasteiger partial charge in [0.05, 0.1) is 11.8 Å². The van der Waals surface area contributed by atoms with E-state index in [2.05, 4.69) is 41.7 Å². The normalized spacial score (nSPS) is 18.1. The van der Waals surface area contributed by atoms with Gasteiger partial charge in [0.1, 0.15) is 12.1 Å². The number of ether oxygens (including phenoxy) is 1. The van der Waals surface area contributed by atoms with Crippen molar-refractivity contribution in [3.8, 4) is 0 Å². The Morgan fingerprint density at radius 2 is 1.89 bits per heavy atom. The van der Waals surface area contributed by atoms with Crippen molar-refractivity contribution in [3.05, 3.63) is 18.1 Å². The first kappa shape index (κ1) is 13.3. The van der Waals surface area contributed by atoms with Crippen LogP contribution in [0.2, 0.25) is 0 Å². The Morgan fingerprint density at radius 1 is 1.22 bits per heavy atom. The van der Waals surface area contributed by atoms with Gasteiger partial charge in [-0.05, 0) is 12.8 Å². The molecule has 0 radical (unpaired) electrons. The summed E-state index contributed by atoms with van der Waals surface area (Å²) in [5.41, 5.74) is 1.17. The molecular weight excluding hydrogens is 226 g/mol. The second-order valence-electron chi connectivity index (χ2n) is 5.93. The first-order chi connectivity index (χ1) is 8.50. The summed E-state index contributed by atoms with van der Waals surface area (Å²) in [5, 5.41) is 0. The second-order valence-corrected chi connectivity index (χ2v) is 5.93. The Labute approximate surface area is 109 Å². The molecule has 0 bridgehead atoms. The van der Waals surface area contributed by atoms with E-state index in [9.17, 15) is 0 Å². The minimum Gasteiger partial charge on any atom is -0.381 e. The lowest BCUT2D eigenvalue weighted by atomic mass is 9.92. The number of hydrogen-bond donors (Lipinski definition) is 0. The molecule has 100 valence electrons. The summed E-state index contributed by atoms with van der Waals surface area (Å²) >= 11 is 0. The van der Waals surface area contributed by atoms with Crippen LogP contribution in [0.25, 0.3) is 0 Å². The van der Waals surface area contributed by atoms with Gasteiger partial charge in [-0.3, -0.25) is 0 Å². The Morgan fingerprint density at radius 3 is 2.44 bits per heavy atom. The van der Waals surface area contributed by atoms with Gasteiger partial charge in [0, 0.05) is 31.7 Å². The van der Waals surface area contributed by atoms with Crippen molar-refractivity contribution >= 4 is 5.82 Å². The van der Waals surface area contributed by atoms with E-state index in [0.717, 1.165) is 37.4 Å². The van der Waals surface area contributed by atoms with Crippen LogP contribution in [-0.4, -0.2) is 36.3 Å². The number of aromatic nitrogens is 2. The molecule has 1 saturated heterocycles. The van der Waals surface area contributed by atoms with E-state index >= 15 is 0 Å². The predicted octanol–water partition coefficient (Wildman–Crippen LogP) is 2.39. The van der Waals surface area contributed by atoms with Crippen LogP contribution in [0.1, 0.15) is 39.3 Å². The maximum atomic E-state index is 5.39. The van der Waals surface area contributed by atoms with Crippen molar-refractivity contribution in [2.75, 3.05) is 25.1 Å². The Balaban J connectivity index is 2.10. The van der Waals surface area contributed by atoms with E-state index < -0.39 is 0 Å². The van der Waals surface area contributed by atoms with Gasteiger partial charge in [0.25, 0.3) is 0 Å². The van der Waals surface area contributed by atoms with Crippen molar-refractivity contribution in [2.24, 2.45) is 0 Å². The van der Waals surface area contributed by atoms with E-state index in [0.29, 0.717) is 6.10 Å². The van der Waals surface area contributed by atoms with Gasteiger partial charge >= 0.3 is 0 Å². The molecule has 2 heterocycles. The molecule has 4 heteroatoms. The van der Waals surface area contributed by atoms with Gasteiger partial charge in [0.15, 0.2) is 0 Å². The van der Waals surface area contributed by atoms with Gasteiger partial charge in [-0.15, -0.1) is 0 Å². The summed E-state index contributed by atoms with van der Waals surface area (Å²) in [6.45, 7) is 8.56. The molecule has 4 nitrogen and oxygen atoms in total. The van der Waals surface area contributed by atoms with Crippen molar-refractivity contribution in [2.45, 2.75) is 45.1 Å². The van der Waals surface area contributed by atoms with Gasteiger partial charge in [-0.25, -0.2) is 9.97 Å². The maximum Gasteiger partial charge on any atom is 0.132 e. The molecular formula is C14H23N3O. The zero-order chi connectivity index (χ0) is 13.2. The summed E-state index contributed by atoms with van der Waals surface area (Å²) in [7, 11) is 1.79. The molecule has 1 aliphatic heterocycles. The van der Waals surface area contributed by atoms with E-state index in [1.54, 1.807) is 13.4 Å². The highest BCUT2D eigenvalue weighted by atomic mass is 16.5. The Kier molecular flexibility index (Phi) is 3.85. The molecule has 0 aromatic carbocycles. The van der Waals surface area contributed by atoms with Crippen LogP contribution in [-0.2, 0) is 10.2 Å². The number of methoxy groups -OCH3 is 1. The minimum atomic E-state index is 0.0720. The standard InChI is InChI=1S/C14H23N3O/c1-14(2,3)12-9-13(16-10-15-12)17-7-5-11(18-4)6-8-17/h9-11H,5-8H2,1-4H3. The van der Waals surface area contributed by atoms with Crippen molar-refractivity contribution < 1.29 is 4.74 Å². The number of anilines is 1. The summed E-state index contributed by atoms with van der Waals surface area (Å²) in [6.07, 6.45) is 4.24. The van der Waals surface area contributed by atoms with Crippen LogP contribution >= 0.6 is 0 Å². The molecule has 18 heavy (non-hydrogen) atoms. The van der Waals surface area contributed by atoms with Crippen molar-refractivity contribution in [3.63, 3.8) is 0 Å². The fourth-order valence-corrected chi connectivity index (χ4v) is 2.25. The second kappa shape index (κ2) is 5.22. The summed E-state index contributed by atoms with van der Waals surface area (Å²) in [4.78, 5) is 11.1. The highest BCUT2D eigenvalue weighted by Crippen LogP contribution is 2.24. The SMILES string of the molecule is COC1CCN(c2cc(C(C)(C)C)ncn2)CC1. The Bertz CT molecular complexity index is 392. The quantitative estimate of drug-likeness (QED) is 0.806. The third-order valence-corrected chi connectivity index (χ3v) is 3.52. The van der Waals surface area contributed by atoms with Gasteiger partial charge in [0.2, 0.25) is 0 Å². The van der Waals surface area contributed by atoms with Crippen LogP contribution in [0.5, 0.6) is 0 Å². The molecule has 2 rings (SSSR count). The highest BCUT2D eigenvalue weighted by Gasteiger charge is 2.22. The van der Waals surface area contributed by atoms with E-state index in [-0.39, 0.29) is 5.41 Å². The van der Waals surface area contributed by atoms with Crippen LogP contribution in [0.15, 0.2) is 12.4 Å². The first-order valence-electron chi connectivity index (χ1n) is 6.61. The van der Waals surface area contributed by atoms with E-state index in [1.165, 1.54) is 0 Å². The lowest BCUT2D eigenvalue weighted by Gasteiger charge is -2.32. The minimum absolute atomic E-state index is 0.0720. The topological polar surface area (TPSA) is 38.2 Å². The molecule has 0 N–H and O–H groups in total. The average Bonchev–Trinajstić information content (AvgIpc) is 2.38. The average molecular weight is 249 g/mol. The van der Waals surface area contributed by atoms with Gasteiger partial charge in [-0.1, -0.05) is 20.8 Å². The van der Waals surface area contributed by atoms with E-state index in [1.807, 2.05) is 0 Å². The summed E-state index contributed by atoms with van der Waals surface area (Å²) < 4.78 is 5.39. The fraction of sp³-hybridized carbons (Fsp3) is 0.714. The summed E-state index contributed by atoms with van der Waals surface area (Å²) in [6, 6.07) is 2.12. The number of rotatable bonds is 2. The molecule has 1 aliphatic rings. The van der Waals surface area contributed by atoms with Crippen molar-refractivity contribution in [1.29, 1.82) is 0 Å². The van der Waals surface area contributed by atoms with Gasteiger partial charge < -0.3 is 9.64 Å². The van der Waals surface area contributed by atoms with Crippen molar-refractivity contribution in [1.82, 2.24) is 9.97 Å². The summed E-state index contributed by atoms with van der Waals surface area (Å²) in [5.74, 6) is 1.05. The van der Waals surface area contributed by atoms with Crippen LogP contribution in [0.4, 0.5) is 5.82 Å². The Hall–Kier alpha value is -1.16. The number of piperidine rings is 1. The largest absolute Gasteiger partial charge is 0.381 e. The maximum absolute atomic E-state index is 5.39. The molecule has 0 amide bonds. The first-order valence-corrected chi connectivity index (χ1v) is 6.61. The monoisotopic (exact) mass is 249 g/mol. The lowest BCUT2D eigenvalue weighted by Crippen LogP contribution is -2.37. The van der Waals surface area contributed by atoms with Crippen LogP contribution in [0.3, 0.4) is 0 Å². The van der Waals surface area contributed by atoms with Crippen LogP contribution in [0, 0.1) is 0 Å². The molecule has 0 saturated carbocycles. The molecule has 0 unspecified atom stereocenters. The molecule has 1 aromatic rings. The predicted molar refractivity (Wildman–Crippen MR) is 73.0 cm³/mol. The third-order valence-electron chi connectivity index (χ3n) is 3.52. The molecule has 0 aliphatic carbocycles. The smallest absolute Gasteiger partial charge is 0.132 e. The third kappa shape index (κ3) is 2.99.